The molecule has 0 spiro atoms. The Hall–Kier alpha value is -1.01. The zero-order chi connectivity index (χ0) is 11.1. The smallest absolute Gasteiger partial charge is 0.252 e. The van der Waals surface area contributed by atoms with Crippen molar-refractivity contribution in [2.45, 2.75) is 25.8 Å². The first kappa shape index (κ1) is 10.5. The highest BCUT2D eigenvalue weighted by Gasteiger charge is 2.15. The first-order valence-corrected chi connectivity index (χ1v) is 5.39. The topological polar surface area (TPSA) is 69.1 Å². The molecular weight excluding hydrogens is 258 g/mol. The average molecular weight is 270 g/mol. The molecule has 6 heteroatoms. The Bertz CT molecular complexity index is 485. The van der Waals surface area contributed by atoms with E-state index < -0.39 is 0 Å². The molecule has 2 aromatic heterocycles. The zero-order valence-corrected chi connectivity index (χ0v) is 10.2. The van der Waals surface area contributed by atoms with E-state index in [0.29, 0.717) is 18.0 Å². The fraction of sp³-hybridized carbons (Fsp3) is 0.444. The van der Waals surface area contributed by atoms with Crippen LogP contribution in [-0.2, 0) is 6.42 Å². The van der Waals surface area contributed by atoms with Gasteiger partial charge in [0.25, 0.3) is 5.78 Å². The number of hydrogen-bond donors (Lipinski definition) is 1. The molecule has 0 atom stereocenters. The second kappa shape index (κ2) is 3.53. The Morgan fingerprint density at radius 1 is 1.53 bits per heavy atom. The minimum absolute atomic E-state index is 0.303. The van der Waals surface area contributed by atoms with E-state index in [1.807, 2.05) is 20.0 Å². The standard InChI is InChI=1S/C9H12BrN5/c1-9(2,11)3-7-13-8-12-4-6(10)5-15(8)14-7/h4-5H,3,11H2,1-2H3. The van der Waals surface area contributed by atoms with Crippen LogP contribution in [0.15, 0.2) is 16.9 Å². The van der Waals surface area contributed by atoms with E-state index in [4.69, 9.17) is 5.73 Å². The molecule has 0 fully saturated rings. The van der Waals surface area contributed by atoms with E-state index in [1.165, 1.54) is 0 Å². The van der Waals surface area contributed by atoms with Crippen molar-refractivity contribution in [2.75, 3.05) is 0 Å². The van der Waals surface area contributed by atoms with Crippen LogP contribution in [0.25, 0.3) is 5.78 Å². The highest BCUT2D eigenvalue weighted by molar-refractivity contribution is 9.10. The molecule has 0 radical (unpaired) electrons. The molecule has 80 valence electrons. The van der Waals surface area contributed by atoms with Crippen LogP contribution in [0.3, 0.4) is 0 Å². The van der Waals surface area contributed by atoms with Crippen molar-refractivity contribution < 1.29 is 0 Å². The highest BCUT2D eigenvalue weighted by Crippen LogP contribution is 2.10. The number of rotatable bonds is 2. The molecule has 2 aromatic rings. The molecule has 0 aliphatic carbocycles. The van der Waals surface area contributed by atoms with Crippen molar-refractivity contribution in [1.29, 1.82) is 0 Å². The monoisotopic (exact) mass is 269 g/mol. The highest BCUT2D eigenvalue weighted by atomic mass is 79.9. The molecule has 15 heavy (non-hydrogen) atoms. The van der Waals surface area contributed by atoms with Gasteiger partial charge in [0.1, 0.15) is 0 Å². The predicted molar refractivity (Wildman–Crippen MR) is 60.5 cm³/mol. The van der Waals surface area contributed by atoms with E-state index >= 15 is 0 Å². The summed E-state index contributed by atoms with van der Waals surface area (Å²) in [5.41, 5.74) is 5.60. The Labute approximate surface area is 95.8 Å². The van der Waals surface area contributed by atoms with E-state index in [-0.39, 0.29) is 5.54 Å². The van der Waals surface area contributed by atoms with Crippen molar-refractivity contribution in [2.24, 2.45) is 5.73 Å². The lowest BCUT2D eigenvalue weighted by molar-refractivity contribution is 0.502. The van der Waals surface area contributed by atoms with Gasteiger partial charge in [0.15, 0.2) is 5.82 Å². The van der Waals surface area contributed by atoms with Crippen molar-refractivity contribution >= 4 is 21.7 Å². The first-order valence-electron chi connectivity index (χ1n) is 4.60. The predicted octanol–water partition coefficient (Wildman–Crippen LogP) is 1.17. The fourth-order valence-electron chi connectivity index (χ4n) is 1.28. The van der Waals surface area contributed by atoms with Crippen LogP contribution in [0.5, 0.6) is 0 Å². The minimum atomic E-state index is -0.303. The van der Waals surface area contributed by atoms with E-state index in [1.54, 1.807) is 10.7 Å². The molecule has 5 nitrogen and oxygen atoms in total. The van der Waals surface area contributed by atoms with Gasteiger partial charge in [-0.05, 0) is 29.8 Å². The molecule has 0 saturated heterocycles. The van der Waals surface area contributed by atoms with E-state index in [2.05, 4.69) is 31.0 Å². The third kappa shape index (κ3) is 2.51. The van der Waals surface area contributed by atoms with E-state index in [9.17, 15) is 0 Å². The van der Waals surface area contributed by atoms with Crippen molar-refractivity contribution in [3.05, 3.63) is 22.7 Å². The van der Waals surface area contributed by atoms with Gasteiger partial charge in [-0.3, -0.25) is 0 Å². The molecule has 0 aliphatic rings. The van der Waals surface area contributed by atoms with Crippen LogP contribution in [0, 0.1) is 0 Å². The van der Waals surface area contributed by atoms with Crippen molar-refractivity contribution in [3.8, 4) is 0 Å². The Balaban J connectivity index is 2.39. The van der Waals surface area contributed by atoms with Crippen LogP contribution in [0.4, 0.5) is 0 Å². The maximum absolute atomic E-state index is 5.90. The SMILES string of the molecule is CC(C)(N)Cc1nc2ncc(Br)cn2n1. The van der Waals surface area contributed by atoms with Crippen molar-refractivity contribution in [3.63, 3.8) is 0 Å². The maximum atomic E-state index is 5.90. The molecule has 2 rings (SSSR count). The summed E-state index contributed by atoms with van der Waals surface area (Å²) in [5, 5.41) is 4.29. The summed E-state index contributed by atoms with van der Waals surface area (Å²) in [7, 11) is 0. The molecule has 0 aliphatic heterocycles. The molecule has 0 amide bonds. The molecule has 0 bridgehead atoms. The molecule has 0 aromatic carbocycles. The van der Waals surface area contributed by atoms with Gasteiger partial charge < -0.3 is 5.73 Å². The first-order chi connectivity index (χ1) is 6.94. The van der Waals surface area contributed by atoms with Crippen molar-refractivity contribution in [1.82, 2.24) is 19.6 Å². The molecular formula is C9H12BrN5. The van der Waals surface area contributed by atoms with Gasteiger partial charge in [-0.15, -0.1) is 5.10 Å². The number of aromatic nitrogens is 4. The second-order valence-corrected chi connectivity index (χ2v) is 5.13. The number of fused-ring (bicyclic) bond motifs is 1. The van der Waals surface area contributed by atoms with Crippen LogP contribution in [-0.4, -0.2) is 25.1 Å². The fourth-order valence-corrected chi connectivity index (χ4v) is 1.58. The lowest BCUT2D eigenvalue weighted by Crippen LogP contribution is -2.34. The normalized spacial score (nSPS) is 12.3. The summed E-state index contributed by atoms with van der Waals surface area (Å²) in [4.78, 5) is 8.41. The van der Waals surface area contributed by atoms with E-state index in [0.717, 1.165) is 4.47 Å². The quantitative estimate of drug-likeness (QED) is 0.889. The number of hydrogen-bond acceptors (Lipinski definition) is 4. The third-order valence-corrected chi connectivity index (χ3v) is 2.23. The minimum Gasteiger partial charge on any atom is -0.325 e. The summed E-state index contributed by atoms with van der Waals surface area (Å²) in [5.74, 6) is 1.31. The lowest BCUT2D eigenvalue weighted by Gasteiger charge is -2.14. The van der Waals surface area contributed by atoms with Crippen LogP contribution in [0.2, 0.25) is 0 Å². The number of nitrogens with zero attached hydrogens (tertiary/aromatic N) is 4. The molecule has 2 N–H and O–H groups in total. The van der Waals surface area contributed by atoms with Crippen LogP contribution < -0.4 is 5.73 Å². The Morgan fingerprint density at radius 3 is 2.93 bits per heavy atom. The summed E-state index contributed by atoms with van der Waals surface area (Å²) in [6, 6.07) is 0. The summed E-state index contributed by atoms with van der Waals surface area (Å²) < 4.78 is 2.52. The van der Waals surface area contributed by atoms with Gasteiger partial charge in [0, 0.05) is 24.4 Å². The third-order valence-electron chi connectivity index (χ3n) is 1.82. The summed E-state index contributed by atoms with van der Waals surface area (Å²) in [6.45, 7) is 3.89. The Kier molecular flexibility index (Phi) is 2.47. The lowest BCUT2D eigenvalue weighted by atomic mass is 10.0. The van der Waals surface area contributed by atoms with Gasteiger partial charge in [-0.25, -0.2) is 9.50 Å². The summed E-state index contributed by atoms with van der Waals surface area (Å²) in [6.07, 6.45) is 4.15. The van der Waals surface area contributed by atoms with Gasteiger partial charge in [-0.1, -0.05) is 0 Å². The van der Waals surface area contributed by atoms with Gasteiger partial charge >= 0.3 is 0 Å². The van der Waals surface area contributed by atoms with Crippen LogP contribution >= 0.6 is 15.9 Å². The largest absolute Gasteiger partial charge is 0.325 e. The summed E-state index contributed by atoms with van der Waals surface area (Å²) >= 11 is 3.33. The second-order valence-electron chi connectivity index (χ2n) is 4.21. The van der Waals surface area contributed by atoms with Crippen LogP contribution in [0.1, 0.15) is 19.7 Å². The molecule has 2 heterocycles. The van der Waals surface area contributed by atoms with Gasteiger partial charge in [-0.2, -0.15) is 4.98 Å². The van der Waals surface area contributed by atoms with Gasteiger partial charge in [0.2, 0.25) is 0 Å². The zero-order valence-electron chi connectivity index (χ0n) is 8.61. The number of halogens is 1. The number of nitrogens with two attached hydrogens (primary N) is 1. The molecule has 0 unspecified atom stereocenters. The Morgan fingerprint density at radius 2 is 2.27 bits per heavy atom. The van der Waals surface area contributed by atoms with Gasteiger partial charge in [0.05, 0.1) is 4.47 Å². The molecule has 0 saturated carbocycles. The average Bonchev–Trinajstić information content (AvgIpc) is 2.42. The maximum Gasteiger partial charge on any atom is 0.252 e.